The lowest BCUT2D eigenvalue weighted by atomic mass is 9.93. The minimum Gasteiger partial charge on any atom is -0.0740 e. The fourth-order valence-electron chi connectivity index (χ4n) is 2.39. The second-order valence-corrected chi connectivity index (χ2v) is 11.2. The summed E-state index contributed by atoms with van der Waals surface area (Å²) in [7, 11) is -1.16. The zero-order chi connectivity index (χ0) is 12.6. The Balaban J connectivity index is 2.27. The maximum absolute atomic E-state index is 2.47. The number of hydrogen-bond donors (Lipinski definition) is 0. The third-order valence-corrected chi connectivity index (χ3v) is 5.52. The van der Waals surface area contributed by atoms with Gasteiger partial charge in [0.2, 0.25) is 0 Å². The van der Waals surface area contributed by atoms with Gasteiger partial charge in [0, 0.05) is 5.92 Å². The maximum Gasteiger partial charge on any atom is 0.0772 e. The van der Waals surface area contributed by atoms with Crippen LogP contribution in [-0.4, -0.2) is 8.07 Å². The van der Waals surface area contributed by atoms with Crippen LogP contribution in [0.3, 0.4) is 0 Å². The number of rotatable bonds is 2. The minimum atomic E-state index is -1.16. The average molecular weight is 242 g/mol. The molecular weight excluding hydrogens is 220 g/mol. The van der Waals surface area contributed by atoms with Gasteiger partial charge in [0.05, 0.1) is 8.07 Å². The van der Waals surface area contributed by atoms with Crippen LogP contribution in [0.5, 0.6) is 0 Å². The monoisotopic (exact) mass is 242 g/mol. The summed E-state index contributed by atoms with van der Waals surface area (Å²) >= 11 is 0. The molecule has 2 aliphatic rings. The van der Waals surface area contributed by atoms with E-state index in [-0.39, 0.29) is 0 Å². The molecule has 0 saturated heterocycles. The summed E-state index contributed by atoms with van der Waals surface area (Å²) < 4.78 is 0. The number of allylic oxidation sites excluding steroid dienone is 10. The van der Waals surface area contributed by atoms with Crippen molar-refractivity contribution >= 4 is 8.07 Å². The quantitative estimate of drug-likeness (QED) is 0.610. The van der Waals surface area contributed by atoms with E-state index in [1.54, 1.807) is 5.20 Å². The van der Waals surface area contributed by atoms with E-state index in [2.05, 4.69) is 69.9 Å². The van der Waals surface area contributed by atoms with E-state index in [4.69, 9.17) is 0 Å². The summed E-state index contributed by atoms with van der Waals surface area (Å²) in [6.07, 6.45) is 13.8. The van der Waals surface area contributed by atoms with E-state index in [9.17, 15) is 0 Å². The lowest BCUT2D eigenvalue weighted by molar-refractivity contribution is 1.00. The molecule has 0 spiro atoms. The van der Waals surface area contributed by atoms with Gasteiger partial charge in [-0.15, -0.1) is 0 Å². The van der Waals surface area contributed by atoms with Gasteiger partial charge >= 0.3 is 0 Å². The largest absolute Gasteiger partial charge is 0.0772 e. The van der Waals surface area contributed by atoms with Gasteiger partial charge in [-0.05, 0) is 25.0 Å². The van der Waals surface area contributed by atoms with Crippen molar-refractivity contribution in [2.75, 3.05) is 0 Å². The van der Waals surface area contributed by atoms with Crippen molar-refractivity contribution in [3.63, 3.8) is 0 Å². The van der Waals surface area contributed by atoms with Crippen LogP contribution in [0.4, 0.5) is 0 Å². The van der Waals surface area contributed by atoms with Crippen LogP contribution in [-0.2, 0) is 0 Å². The van der Waals surface area contributed by atoms with Gasteiger partial charge in [0.1, 0.15) is 0 Å². The highest BCUT2D eigenvalue weighted by Gasteiger charge is 2.25. The molecule has 90 valence electrons. The zero-order valence-corrected chi connectivity index (χ0v) is 12.5. The molecule has 0 heterocycles. The van der Waals surface area contributed by atoms with Gasteiger partial charge in [-0.25, -0.2) is 0 Å². The number of hydrogen-bond acceptors (Lipinski definition) is 0. The molecule has 0 N–H and O–H groups in total. The van der Waals surface area contributed by atoms with E-state index in [0.29, 0.717) is 5.92 Å². The Hall–Kier alpha value is -1.08. The Labute approximate surface area is 106 Å². The maximum atomic E-state index is 2.47. The van der Waals surface area contributed by atoms with Crippen LogP contribution in [0.25, 0.3) is 0 Å². The third kappa shape index (κ3) is 2.44. The van der Waals surface area contributed by atoms with Crippen molar-refractivity contribution < 1.29 is 0 Å². The Morgan fingerprint density at radius 2 is 1.82 bits per heavy atom. The molecule has 0 nitrogen and oxygen atoms in total. The van der Waals surface area contributed by atoms with Gasteiger partial charge in [-0.1, -0.05) is 66.9 Å². The van der Waals surface area contributed by atoms with E-state index in [1.807, 2.05) is 0 Å². The summed E-state index contributed by atoms with van der Waals surface area (Å²) in [6, 6.07) is 0. The first-order chi connectivity index (χ1) is 7.89. The normalized spacial score (nSPS) is 23.1. The molecule has 0 fully saturated rings. The molecule has 0 aromatic carbocycles. The van der Waals surface area contributed by atoms with Crippen LogP contribution in [0.1, 0.15) is 13.8 Å². The standard InChI is InChI=1S/C16H22Si/c1-12(2)15-7-6-8-16(15)13-9-10-14(11-13)17(3,4)5/h6-11,13H,1-5H3. The molecule has 2 rings (SSSR count). The van der Waals surface area contributed by atoms with E-state index in [0.717, 1.165) is 0 Å². The summed E-state index contributed by atoms with van der Waals surface area (Å²) in [5.41, 5.74) is 4.30. The third-order valence-electron chi connectivity index (χ3n) is 3.46. The summed E-state index contributed by atoms with van der Waals surface area (Å²) in [5, 5.41) is 1.59. The summed E-state index contributed by atoms with van der Waals surface area (Å²) in [5.74, 6) is 0.497. The predicted octanol–water partition coefficient (Wildman–Crippen LogP) is 4.81. The van der Waals surface area contributed by atoms with E-state index in [1.165, 1.54) is 16.7 Å². The van der Waals surface area contributed by atoms with Crippen molar-refractivity contribution in [3.8, 4) is 0 Å². The molecule has 1 heteroatoms. The second kappa shape index (κ2) is 4.30. The molecule has 0 saturated carbocycles. The Bertz CT molecular complexity index is 472. The first-order valence-electron chi connectivity index (χ1n) is 6.36. The fraction of sp³-hybridized carbons (Fsp3) is 0.375. The van der Waals surface area contributed by atoms with Crippen molar-refractivity contribution in [2.45, 2.75) is 33.5 Å². The van der Waals surface area contributed by atoms with Crippen molar-refractivity contribution in [2.24, 2.45) is 5.92 Å². The highest BCUT2D eigenvalue weighted by atomic mass is 28.3. The highest BCUT2D eigenvalue weighted by molar-refractivity contribution is 6.83. The second-order valence-electron chi connectivity index (χ2n) is 6.15. The lowest BCUT2D eigenvalue weighted by Crippen LogP contribution is -2.22. The molecule has 1 unspecified atom stereocenters. The van der Waals surface area contributed by atoms with Crippen LogP contribution in [0.15, 0.2) is 58.4 Å². The fourth-order valence-corrected chi connectivity index (χ4v) is 3.66. The van der Waals surface area contributed by atoms with Crippen LogP contribution in [0, 0.1) is 5.92 Å². The molecule has 0 amide bonds. The lowest BCUT2D eigenvalue weighted by Gasteiger charge is -2.16. The van der Waals surface area contributed by atoms with Gasteiger partial charge < -0.3 is 0 Å². The first kappa shape index (κ1) is 12.4. The zero-order valence-electron chi connectivity index (χ0n) is 11.5. The molecule has 1 atom stereocenters. The van der Waals surface area contributed by atoms with Crippen molar-refractivity contribution in [1.29, 1.82) is 0 Å². The predicted molar refractivity (Wildman–Crippen MR) is 79.7 cm³/mol. The minimum absolute atomic E-state index is 0.497. The Morgan fingerprint density at radius 1 is 1.12 bits per heavy atom. The molecule has 0 aromatic heterocycles. The van der Waals surface area contributed by atoms with Crippen molar-refractivity contribution in [3.05, 3.63) is 58.4 Å². The SMILES string of the molecule is CC(C)=C1C=CC=C1C1C=CC([Si](C)(C)C)=C1. The average Bonchev–Trinajstić information content (AvgIpc) is 2.85. The molecule has 0 aromatic rings. The highest BCUT2D eigenvalue weighted by Crippen LogP contribution is 2.35. The topological polar surface area (TPSA) is 0 Å². The van der Waals surface area contributed by atoms with Crippen LogP contribution < -0.4 is 0 Å². The first-order valence-corrected chi connectivity index (χ1v) is 9.86. The molecule has 0 aliphatic heterocycles. The molecule has 0 bridgehead atoms. The smallest absolute Gasteiger partial charge is 0.0740 e. The Morgan fingerprint density at radius 3 is 2.35 bits per heavy atom. The van der Waals surface area contributed by atoms with E-state index >= 15 is 0 Å². The molecule has 0 radical (unpaired) electrons. The van der Waals surface area contributed by atoms with Gasteiger partial charge in [0.15, 0.2) is 0 Å². The van der Waals surface area contributed by atoms with Crippen molar-refractivity contribution in [1.82, 2.24) is 0 Å². The summed E-state index contributed by atoms with van der Waals surface area (Å²) in [6.45, 7) is 11.6. The van der Waals surface area contributed by atoms with Gasteiger partial charge in [-0.3, -0.25) is 0 Å². The molecule has 17 heavy (non-hydrogen) atoms. The Kier molecular flexibility index (Phi) is 3.13. The summed E-state index contributed by atoms with van der Waals surface area (Å²) in [4.78, 5) is 0. The van der Waals surface area contributed by atoms with Crippen LogP contribution in [0.2, 0.25) is 19.6 Å². The molecular formula is C16H22Si. The van der Waals surface area contributed by atoms with Crippen LogP contribution >= 0.6 is 0 Å². The van der Waals surface area contributed by atoms with Gasteiger partial charge in [0.25, 0.3) is 0 Å². The molecule has 2 aliphatic carbocycles. The van der Waals surface area contributed by atoms with E-state index < -0.39 is 8.07 Å². The van der Waals surface area contributed by atoms with Gasteiger partial charge in [-0.2, -0.15) is 0 Å².